The maximum atomic E-state index is 13.1. The molecule has 0 radical (unpaired) electrons. The number of ether oxygens (including phenoxy) is 4. The molecule has 0 aliphatic heterocycles. The van der Waals surface area contributed by atoms with Crippen LogP contribution in [0.1, 0.15) is 285 Å². The summed E-state index contributed by atoms with van der Waals surface area (Å²) in [5.41, 5.74) is 0. The number of carbonyl (C=O) groups is 4. The summed E-state index contributed by atoms with van der Waals surface area (Å²) in [4.78, 5) is 72.9. The Balaban J connectivity index is 5.44. The number of aliphatic hydroxyl groups excluding tert-OH is 1. The van der Waals surface area contributed by atoms with Crippen LogP contribution < -0.4 is 0 Å². The van der Waals surface area contributed by atoms with Crippen molar-refractivity contribution in [3.05, 3.63) is 170 Å². The van der Waals surface area contributed by atoms with E-state index < -0.39 is 97.5 Å². The second-order valence-corrected chi connectivity index (χ2v) is 28.4. The zero-order chi connectivity index (χ0) is 76.0. The zero-order valence-corrected chi connectivity index (χ0v) is 66.2. The summed E-state index contributed by atoms with van der Waals surface area (Å²) in [7, 11) is -10.00. The third-order valence-electron chi connectivity index (χ3n) is 15.7. The van der Waals surface area contributed by atoms with Gasteiger partial charge in [0.15, 0.2) is 12.2 Å². The Morgan fingerprint density at radius 1 is 0.279 bits per heavy atom. The van der Waals surface area contributed by atoms with Gasteiger partial charge in [0.25, 0.3) is 0 Å². The van der Waals surface area contributed by atoms with Crippen LogP contribution in [0.4, 0.5) is 0 Å². The summed E-state index contributed by atoms with van der Waals surface area (Å²) in [6.07, 6.45) is 89.3. The normalized spacial score (nSPS) is 14.8. The number of unbranched alkanes of at least 4 members (excludes halogenated alkanes) is 18. The highest BCUT2D eigenvalue weighted by molar-refractivity contribution is 7.47. The fraction of sp³-hybridized carbons (Fsp3) is 0.624. The van der Waals surface area contributed by atoms with Crippen LogP contribution in [0, 0.1) is 0 Å². The molecule has 590 valence electrons. The highest BCUT2D eigenvalue weighted by Crippen LogP contribution is 2.45. The Labute approximate surface area is 629 Å². The predicted molar refractivity (Wildman–Crippen MR) is 426 cm³/mol. The van der Waals surface area contributed by atoms with Gasteiger partial charge >= 0.3 is 39.5 Å². The van der Waals surface area contributed by atoms with Gasteiger partial charge in [0, 0.05) is 25.7 Å². The molecule has 0 rings (SSSR count). The van der Waals surface area contributed by atoms with Crippen LogP contribution in [0.3, 0.4) is 0 Å². The van der Waals surface area contributed by atoms with E-state index in [9.17, 15) is 43.2 Å². The molecule has 5 unspecified atom stereocenters. The van der Waals surface area contributed by atoms with Crippen LogP contribution >= 0.6 is 15.6 Å². The van der Waals surface area contributed by atoms with Gasteiger partial charge in [0.2, 0.25) is 0 Å². The molecule has 0 fully saturated rings. The average molecular weight is 1490 g/mol. The first-order valence-corrected chi connectivity index (χ1v) is 42.4. The van der Waals surface area contributed by atoms with Crippen molar-refractivity contribution in [3.8, 4) is 0 Å². The molecule has 104 heavy (non-hydrogen) atoms. The first kappa shape index (κ1) is 98.4. The smallest absolute Gasteiger partial charge is 0.462 e. The molecule has 0 bridgehead atoms. The number of rotatable bonds is 72. The fourth-order valence-corrected chi connectivity index (χ4v) is 11.4. The van der Waals surface area contributed by atoms with Crippen molar-refractivity contribution in [2.75, 3.05) is 39.6 Å². The van der Waals surface area contributed by atoms with Crippen LogP contribution in [0.25, 0.3) is 0 Å². The topological polar surface area (TPSA) is 237 Å². The molecule has 0 amide bonds. The molecule has 3 N–H and O–H groups in total. The number of hydrogen-bond donors (Lipinski definition) is 3. The minimum absolute atomic E-state index is 0.0263. The van der Waals surface area contributed by atoms with Crippen LogP contribution in [-0.4, -0.2) is 96.7 Å². The van der Waals surface area contributed by atoms with Gasteiger partial charge in [-0.15, -0.1) is 0 Å². The summed E-state index contributed by atoms with van der Waals surface area (Å²) in [5, 5.41) is 10.6. The average Bonchev–Trinajstić information content (AvgIpc) is 0.929. The summed E-state index contributed by atoms with van der Waals surface area (Å²) >= 11 is 0. The van der Waals surface area contributed by atoms with E-state index in [0.29, 0.717) is 32.1 Å². The monoisotopic (exact) mass is 1490 g/mol. The van der Waals surface area contributed by atoms with Gasteiger partial charge in [-0.1, -0.05) is 288 Å². The third-order valence-corrected chi connectivity index (χ3v) is 17.6. The largest absolute Gasteiger partial charge is 0.472 e. The lowest BCUT2D eigenvalue weighted by Crippen LogP contribution is -2.30. The molecule has 0 spiro atoms. The summed E-state index contributed by atoms with van der Waals surface area (Å²) < 4.78 is 68.4. The Hall–Kier alpha value is -5.58. The van der Waals surface area contributed by atoms with Crippen LogP contribution in [0.2, 0.25) is 0 Å². The molecule has 0 heterocycles. The van der Waals surface area contributed by atoms with E-state index >= 15 is 0 Å². The molecule has 17 nitrogen and oxygen atoms in total. The molecule has 0 aliphatic rings. The van der Waals surface area contributed by atoms with Crippen molar-refractivity contribution in [2.45, 2.75) is 303 Å². The lowest BCUT2D eigenvalue weighted by Gasteiger charge is -2.21. The second kappa shape index (κ2) is 75.6. The standard InChI is InChI=1S/C85H138O17P2/c1-5-9-13-17-21-25-29-32-35-37-39-41-44-46-50-53-57-61-65-69-82(87)95-75-80(101-84(89)71-67-63-59-55-49-28-24-20-16-12-8-4)77-99-103(91,92)97-73-79(86)74-98-104(93,94)100-78-81(102-85(90)72-68-64-60-56-52-48-43-34-31-27-23-19-15-11-7-3)76-96-83(88)70-66-62-58-54-51-47-45-42-40-38-36-33-30-26-22-18-14-10-6-2/h9-11,13-15,21-23,25-27,32-36,39-43,46-47,50-51,58,62,79-81,86H,5-8,12,16-20,24,28-31,37-38,44-45,48-49,52-57,59-61,63-78H2,1-4H3,(H,91,92)(H,93,94)/b13-9-,14-10-,15-11-,25-21-,26-22-,27-23-,35-32-,36-33-,41-39-,42-40-,43-34-,50-46-,51-47-,62-58-. The van der Waals surface area contributed by atoms with Gasteiger partial charge in [0.1, 0.15) is 19.3 Å². The molecule has 0 aromatic carbocycles. The van der Waals surface area contributed by atoms with E-state index in [1.54, 1.807) is 0 Å². The molecule has 0 aromatic heterocycles. The summed E-state index contributed by atoms with van der Waals surface area (Å²) in [6, 6.07) is 0. The van der Waals surface area contributed by atoms with Crippen molar-refractivity contribution in [3.63, 3.8) is 0 Å². The van der Waals surface area contributed by atoms with E-state index in [1.807, 2.05) is 18.2 Å². The van der Waals surface area contributed by atoms with Crippen molar-refractivity contribution in [1.82, 2.24) is 0 Å². The zero-order valence-electron chi connectivity index (χ0n) is 64.4. The van der Waals surface area contributed by atoms with Crippen LogP contribution in [-0.2, 0) is 65.4 Å². The van der Waals surface area contributed by atoms with E-state index in [-0.39, 0.29) is 25.7 Å². The molecular weight excluding hydrogens is 1350 g/mol. The van der Waals surface area contributed by atoms with Crippen LogP contribution in [0.5, 0.6) is 0 Å². The van der Waals surface area contributed by atoms with Crippen molar-refractivity contribution in [2.24, 2.45) is 0 Å². The van der Waals surface area contributed by atoms with Crippen molar-refractivity contribution >= 4 is 39.5 Å². The maximum absolute atomic E-state index is 13.1. The molecule has 0 aliphatic carbocycles. The molecule has 5 atom stereocenters. The van der Waals surface area contributed by atoms with Gasteiger partial charge in [0.05, 0.1) is 26.4 Å². The van der Waals surface area contributed by atoms with E-state index in [4.69, 9.17) is 37.0 Å². The SMILES string of the molecule is CC/C=C\C/C=C\C/C=C\C/C=C\C/C=C\C/C=C\CCC(=O)OCC(COP(=O)(O)OCC(O)COP(=O)(O)OCC(COC(=O)CCCCC/C=C\C/C=C\C/C=C\C/C=C\C/C=C\CC)OC(=O)CCCCCCCCCCCCC)OC(=O)CCCCCCC/C=C\C/C=C\C/C=C\CC. The molecule has 19 heteroatoms. The van der Waals surface area contributed by atoms with Crippen molar-refractivity contribution < 1.29 is 80.2 Å². The maximum Gasteiger partial charge on any atom is 0.472 e. The molecular formula is C85H138O17P2. The first-order chi connectivity index (χ1) is 50.7. The Morgan fingerprint density at radius 3 is 0.837 bits per heavy atom. The first-order valence-electron chi connectivity index (χ1n) is 39.4. The van der Waals surface area contributed by atoms with Gasteiger partial charge in [-0.05, 0) is 141 Å². The second-order valence-electron chi connectivity index (χ2n) is 25.5. The van der Waals surface area contributed by atoms with Gasteiger partial charge in [-0.3, -0.25) is 37.3 Å². The summed E-state index contributed by atoms with van der Waals surface area (Å²) in [5.74, 6) is -2.34. The Bertz CT molecular complexity index is 2640. The van der Waals surface area contributed by atoms with Crippen molar-refractivity contribution in [1.29, 1.82) is 0 Å². The van der Waals surface area contributed by atoms with Gasteiger partial charge in [-0.2, -0.15) is 0 Å². The lowest BCUT2D eigenvalue weighted by molar-refractivity contribution is -0.161. The number of carbonyl (C=O) groups excluding carboxylic acids is 4. The Morgan fingerprint density at radius 2 is 0.519 bits per heavy atom. The Kier molecular flexibility index (Phi) is 71.6. The van der Waals surface area contributed by atoms with E-state index in [0.717, 1.165) is 161 Å². The molecule has 0 saturated heterocycles. The number of phosphoric acid groups is 2. The van der Waals surface area contributed by atoms with Crippen LogP contribution in [0.15, 0.2) is 170 Å². The van der Waals surface area contributed by atoms with E-state index in [2.05, 4.69) is 180 Å². The molecule has 0 aromatic rings. The minimum atomic E-state index is -5.01. The van der Waals surface area contributed by atoms with E-state index in [1.165, 1.54) is 38.5 Å². The highest BCUT2D eigenvalue weighted by atomic mass is 31.2. The third kappa shape index (κ3) is 74.7. The highest BCUT2D eigenvalue weighted by Gasteiger charge is 2.30. The minimum Gasteiger partial charge on any atom is -0.462 e. The van der Waals surface area contributed by atoms with Gasteiger partial charge < -0.3 is 33.8 Å². The molecule has 0 saturated carbocycles. The number of hydrogen-bond acceptors (Lipinski definition) is 15. The quantitative estimate of drug-likeness (QED) is 0.0169. The number of phosphoric ester groups is 2. The number of allylic oxidation sites excluding steroid dienone is 28. The fourth-order valence-electron chi connectivity index (χ4n) is 9.82. The van der Waals surface area contributed by atoms with Gasteiger partial charge in [-0.25, -0.2) is 9.13 Å². The predicted octanol–water partition coefficient (Wildman–Crippen LogP) is 23.0. The number of aliphatic hydroxyl groups is 1. The lowest BCUT2D eigenvalue weighted by atomic mass is 10.1. The number of esters is 4. The summed E-state index contributed by atoms with van der Waals surface area (Å²) in [6.45, 7) is 4.37.